The molecule has 11 heteroatoms. The van der Waals surface area contributed by atoms with Crippen LogP contribution >= 0.6 is 0 Å². The lowest BCUT2D eigenvalue weighted by Gasteiger charge is -2.17. The predicted octanol–water partition coefficient (Wildman–Crippen LogP) is 5.02. The number of carbonyl (C=O) groups is 3. The second kappa shape index (κ2) is 11.1. The highest BCUT2D eigenvalue weighted by atomic mass is 19.1. The Morgan fingerprint density at radius 3 is 2.39 bits per heavy atom. The molecule has 0 radical (unpaired) electrons. The van der Waals surface area contributed by atoms with E-state index in [0.29, 0.717) is 29.0 Å². The second-order valence-electron chi connectivity index (χ2n) is 9.13. The third-order valence-electron chi connectivity index (χ3n) is 6.64. The van der Waals surface area contributed by atoms with Crippen molar-refractivity contribution in [2.45, 2.75) is 19.9 Å². The smallest absolute Gasteiger partial charge is 0.505 e. The van der Waals surface area contributed by atoms with E-state index in [9.17, 15) is 23.9 Å². The van der Waals surface area contributed by atoms with Gasteiger partial charge in [0, 0.05) is 23.2 Å². The molecule has 0 aliphatic carbocycles. The van der Waals surface area contributed by atoms with E-state index >= 15 is 0 Å². The molecule has 41 heavy (non-hydrogen) atoms. The summed E-state index contributed by atoms with van der Waals surface area (Å²) in [4.78, 5) is 45.0. The zero-order valence-electron chi connectivity index (χ0n) is 22.4. The zero-order chi connectivity index (χ0) is 29.3. The minimum absolute atomic E-state index is 0.00136. The molecular formula is C30H25FN2O8. The van der Waals surface area contributed by atoms with Crippen molar-refractivity contribution in [3.63, 3.8) is 0 Å². The van der Waals surface area contributed by atoms with E-state index in [-0.39, 0.29) is 46.7 Å². The Bertz CT molecular complexity index is 1690. The molecule has 5 rings (SSSR count). The number of nitrogens with zero attached hydrogens (tertiary/aromatic N) is 2. The zero-order valence-corrected chi connectivity index (χ0v) is 22.4. The van der Waals surface area contributed by atoms with Gasteiger partial charge in [-0.25, -0.2) is 9.18 Å². The molecule has 0 bridgehead atoms. The minimum atomic E-state index is -1.10. The standard InChI is InChI=1S/C30H25FN2O8/c1-4-40-30(37)41-27-21-12-17(11-16-5-8-19(31)9-6-16)14-32-25(21)26(34)23-24(27)29(36)33(28(23)35)15-18-7-10-20(38-2)13-22(18)39-3/h5-10,12-14,34H,4,11,15H2,1-3H3. The monoisotopic (exact) mass is 560 g/mol. The summed E-state index contributed by atoms with van der Waals surface area (Å²) >= 11 is 0. The topological polar surface area (TPSA) is 124 Å². The van der Waals surface area contributed by atoms with E-state index in [0.717, 1.165) is 10.5 Å². The first-order valence-corrected chi connectivity index (χ1v) is 12.6. The fraction of sp³-hybridized carbons (Fsp3) is 0.200. The molecule has 10 nitrogen and oxygen atoms in total. The number of hydrogen-bond donors (Lipinski definition) is 1. The van der Waals surface area contributed by atoms with Crippen molar-refractivity contribution in [2.75, 3.05) is 20.8 Å². The first kappa shape index (κ1) is 27.4. The van der Waals surface area contributed by atoms with Crippen LogP contribution in [0.4, 0.5) is 9.18 Å². The van der Waals surface area contributed by atoms with Crippen molar-refractivity contribution in [1.82, 2.24) is 9.88 Å². The second-order valence-corrected chi connectivity index (χ2v) is 9.13. The van der Waals surface area contributed by atoms with Crippen LogP contribution in [0.1, 0.15) is 44.3 Å². The lowest BCUT2D eigenvalue weighted by molar-refractivity contribution is 0.0640. The number of amides is 2. The SMILES string of the molecule is CCOC(=O)Oc1c2c(c(O)c3ncc(Cc4ccc(F)cc4)cc13)C(=O)N(Cc1ccc(OC)cc1OC)C2=O. The molecule has 0 saturated carbocycles. The Hall–Kier alpha value is -5.19. The van der Waals surface area contributed by atoms with Crippen LogP contribution in [0.2, 0.25) is 0 Å². The van der Waals surface area contributed by atoms with Crippen LogP contribution in [0.3, 0.4) is 0 Å². The number of methoxy groups -OCH3 is 2. The van der Waals surface area contributed by atoms with E-state index in [1.807, 2.05) is 0 Å². The molecule has 0 spiro atoms. The molecule has 2 heterocycles. The van der Waals surface area contributed by atoms with Crippen molar-refractivity contribution < 1.29 is 42.8 Å². The first-order valence-electron chi connectivity index (χ1n) is 12.6. The van der Waals surface area contributed by atoms with Gasteiger partial charge in [-0.3, -0.25) is 19.5 Å². The molecule has 210 valence electrons. The van der Waals surface area contributed by atoms with Gasteiger partial charge in [0.15, 0.2) is 11.5 Å². The lowest BCUT2D eigenvalue weighted by atomic mass is 9.99. The summed E-state index contributed by atoms with van der Waals surface area (Å²) in [5.41, 5.74) is 1.22. The van der Waals surface area contributed by atoms with Gasteiger partial charge in [-0.05, 0) is 54.8 Å². The molecule has 0 unspecified atom stereocenters. The number of phenolic OH excluding ortho intramolecular Hbond substituents is 1. The van der Waals surface area contributed by atoms with Crippen LogP contribution in [0.5, 0.6) is 23.0 Å². The Labute approximate surface area is 233 Å². The Kier molecular flexibility index (Phi) is 7.43. The van der Waals surface area contributed by atoms with Gasteiger partial charge < -0.3 is 24.1 Å². The molecule has 1 N–H and O–H groups in total. The normalized spacial score (nSPS) is 12.4. The maximum absolute atomic E-state index is 13.7. The molecular weight excluding hydrogens is 535 g/mol. The fourth-order valence-corrected chi connectivity index (χ4v) is 4.70. The van der Waals surface area contributed by atoms with Crippen molar-refractivity contribution >= 4 is 28.9 Å². The molecule has 4 aromatic rings. The number of aromatic hydroxyl groups is 1. The van der Waals surface area contributed by atoms with E-state index in [2.05, 4.69) is 4.98 Å². The van der Waals surface area contributed by atoms with Gasteiger partial charge in [0.1, 0.15) is 34.0 Å². The molecule has 0 saturated heterocycles. The molecule has 0 atom stereocenters. The molecule has 1 aliphatic heterocycles. The van der Waals surface area contributed by atoms with Crippen molar-refractivity contribution in [3.8, 4) is 23.0 Å². The highest BCUT2D eigenvalue weighted by Gasteiger charge is 2.43. The Balaban J connectivity index is 1.62. The van der Waals surface area contributed by atoms with Crippen LogP contribution in [-0.2, 0) is 17.7 Å². The molecule has 0 fully saturated rings. The number of pyridine rings is 1. The number of benzene rings is 3. The van der Waals surface area contributed by atoms with Gasteiger partial charge in [-0.15, -0.1) is 0 Å². The number of halogens is 1. The van der Waals surface area contributed by atoms with E-state index in [1.165, 1.54) is 32.5 Å². The van der Waals surface area contributed by atoms with Gasteiger partial charge in [0.05, 0.1) is 27.4 Å². The summed E-state index contributed by atoms with van der Waals surface area (Å²) in [6.45, 7) is 1.39. The summed E-state index contributed by atoms with van der Waals surface area (Å²) in [5, 5.41) is 11.3. The number of phenols is 1. The predicted molar refractivity (Wildman–Crippen MR) is 144 cm³/mol. The number of rotatable bonds is 8. The minimum Gasteiger partial charge on any atom is -0.505 e. The Morgan fingerprint density at radius 2 is 1.71 bits per heavy atom. The van der Waals surface area contributed by atoms with E-state index in [4.69, 9.17) is 18.9 Å². The van der Waals surface area contributed by atoms with Gasteiger partial charge in [-0.2, -0.15) is 0 Å². The van der Waals surface area contributed by atoms with Crippen molar-refractivity contribution in [2.24, 2.45) is 0 Å². The molecule has 3 aromatic carbocycles. The summed E-state index contributed by atoms with van der Waals surface area (Å²) in [6, 6.07) is 12.4. The Morgan fingerprint density at radius 1 is 0.976 bits per heavy atom. The highest BCUT2D eigenvalue weighted by molar-refractivity contribution is 6.27. The third kappa shape index (κ3) is 5.09. The summed E-state index contributed by atoms with van der Waals surface area (Å²) in [7, 11) is 2.94. The summed E-state index contributed by atoms with van der Waals surface area (Å²) < 4.78 is 34.4. The van der Waals surface area contributed by atoms with Crippen LogP contribution < -0.4 is 14.2 Å². The molecule has 2 amide bonds. The first-order chi connectivity index (χ1) is 19.7. The number of hydrogen-bond acceptors (Lipinski definition) is 9. The quantitative estimate of drug-likeness (QED) is 0.180. The fourth-order valence-electron chi connectivity index (χ4n) is 4.70. The maximum atomic E-state index is 13.7. The third-order valence-corrected chi connectivity index (χ3v) is 6.64. The number of fused-ring (bicyclic) bond motifs is 2. The lowest BCUT2D eigenvalue weighted by Crippen LogP contribution is -2.29. The van der Waals surface area contributed by atoms with E-state index < -0.39 is 23.7 Å². The summed E-state index contributed by atoms with van der Waals surface area (Å²) in [5.74, 6) is -1.85. The van der Waals surface area contributed by atoms with Crippen LogP contribution in [-0.4, -0.2) is 53.8 Å². The number of carbonyl (C=O) groups excluding carboxylic acids is 3. The number of imide groups is 1. The van der Waals surface area contributed by atoms with Gasteiger partial charge >= 0.3 is 6.16 Å². The van der Waals surface area contributed by atoms with Gasteiger partial charge in [-0.1, -0.05) is 12.1 Å². The number of aromatic nitrogens is 1. The summed E-state index contributed by atoms with van der Waals surface area (Å²) in [6.07, 6.45) is 0.713. The van der Waals surface area contributed by atoms with Crippen LogP contribution in [0, 0.1) is 5.82 Å². The highest BCUT2D eigenvalue weighted by Crippen LogP contribution is 2.45. The van der Waals surface area contributed by atoms with Gasteiger partial charge in [0.2, 0.25) is 0 Å². The maximum Gasteiger partial charge on any atom is 0.513 e. The molecule has 1 aromatic heterocycles. The van der Waals surface area contributed by atoms with Crippen molar-refractivity contribution in [1.29, 1.82) is 0 Å². The number of ether oxygens (including phenoxy) is 4. The average molecular weight is 561 g/mol. The van der Waals surface area contributed by atoms with Gasteiger partial charge in [0.25, 0.3) is 11.8 Å². The van der Waals surface area contributed by atoms with Crippen LogP contribution in [0.25, 0.3) is 10.9 Å². The van der Waals surface area contributed by atoms with E-state index in [1.54, 1.807) is 43.3 Å². The average Bonchev–Trinajstić information content (AvgIpc) is 3.21. The van der Waals surface area contributed by atoms with Crippen LogP contribution in [0.15, 0.2) is 54.7 Å². The van der Waals surface area contributed by atoms with Crippen molar-refractivity contribution in [3.05, 3.63) is 88.4 Å². The molecule has 1 aliphatic rings. The largest absolute Gasteiger partial charge is 0.513 e.